The van der Waals surface area contributed by atoms with Crippen molar-refractivity contribution in [3.8, 4) is 11.1 Å². The van der Waals surface area contributed by atoms with Gasteiger partial charge in [0.1, 0.15) is 5.92 Å². The molecule has 0 aliphatic carbocycles. The summed E-state index contributed by atoms with van der Waals surface area (Å²) in [6.07, 6.45) is 0. The van der Waals surface area contributed by atoms with Gasteiger partial charge in [-0.1, -0.05) is 49.7 Å². The molecule has 1 saturated heterocycles. The molecular formula is C21H22ClNO2. The number of rotatable bonds is 3. The van der Waals surface area contributed by atoms with E-state index < -0.39 is 11.5 Å². The van der Waals surface area contributed by atoms with E-state index in [9.17, 15) is 9.59 Å². The van der Waals surface area contributed by atoms with Crippen LogP contribution in [0, 0.1) is 12.8 Å². The van der Waals surface area contributed by atoms with Crippen LogP contribution in [0.3, 0.4) is 0 Å². The predicted octanol–water partition coefficient (Wildman–Crippen LogP) is 4.51. The lowest BCUT2D eigenvalue weighted by Crippen LogP contribution is -2.48. The first-order chi connectivity index (χ1) is 11.7. The summed E-state index contributed by atoms with van der Waals surface area (Å²) >= 11 is 5.96. The number of benzene rings is 2. The molecule has 2 aromatic rings. The zero-order valence-corrected chi connectivity index (χ0v) is 15.6. The maximum absolute atomic E-state index is 13.0. The molecule has 0 aromatic heterocycles. The summed E-state index contributed by atoms with van der Waals surface area (Å²) in [6.45, 7) is 7.66. The van der Waals surface area contributed by atoms with E-state index in [1.807, 2.05) is 70.2 Å². The van der Waals surface area contributed by atoms with E-state index >= 15 is 0 Å². The van der Waals surface area contributed by atoms with Crippen molar-refractivity contribution in [1.82, 2.24) is 5.32 Å². The van der Waals surface area contributed by atoms with Gasteiger partial charge >= 0.3 is 0 Å². The Labute approximate surface area is 153 Å². The van der Waals surface area contributed by atoms with Crippen LogP contribution in [-0.2, 0) is 9.59 Å². The summed E-state index contributed by atoms with van der Waals surface area (Å²) in [5.74, 6) is -0.977. The number of carbonyl (C=O) groups is 2. The summed E-state index contributed by atoms with van der Waals surface area (Å²) in [7, 11) is 0. The lowest BCUT2D eigenvalue weighted by atomic mass is 9.80. The van der Waals surface area contributed by atoms with Gasteiger partial charge in [0.2, 0.25) is 5.91 Å². The fourth-order valence-corrected chi connectivity index (χ4v) is 3.42. The number of halogens is 1. The third-order valence-corrected chi connectivity index (χ3v) is 5.59. The number of amides is 1. The Morgan fingerprint density at radius 1 is 1.04 bits per heavy atom. The van der Waals surface area contributed by atoms with Crippen molar-refractivity contribution in [2.24, 2.45) is 5.92 Å². The first kappa shape index (κ1) is 17.7. The molecule has 1 fully saturated rings. The number of aryl methyl sites for hydroxylation is 1. The largest absolute Gasteiger partial charge is 0.343 e. The molecule has 130 valence electrons. The summed E-state index contributed by atoms with van der Waals surface area (Å²) < 4.78 is 0. The normalized spacial score (nSPS) is 23.2. The summed E-state index contributed by atoms with van der Waals surface area (Å²) in [5, 5.41) is 3.59. The minimum Gasteiger partial charge on any atom is -0.343 e. The fourth-order valence-electron chi connectivity index (χ4n) is 3.29. The molecule has 4 heteroatoms. The van der Waals surface area contributed by atoms with Crippen LogP contribution in [0.25, 0.3) is 11.1 Å². The number of nitrogens with one attached hydrogen (secondary N) is 1. The van der Waals surface area contributed by atoms with Crippen molar-refractivity contribution in [1.29, 1.82) is 0 Å². The van der Waals surface area contributed by atoms with Crippen molar-refractivity contribution in [3.63, 3.8) is 0 Å². The molecule has 0 radical (unpaired) electrons. The Balaban J connectivity index is 2.06. The van der Waals surface area contributed by atoms with Crippen LogP contribution in [0.5, 0.6) is 0 Å². The van der Waals surface area contributed by atoms with Gasteiger partial charge in [-0.2, -0.15) is 0 Å². The first-order valence-corrected chi connectivity index (χ1v) is 8.84. The Kier molecular flexibility index (Phi) is 4.46. The second-order valence-electron chi connectivity index (χ2n) is 7.22. The topological polar surface area (TPSA) is 46.2 Å². The summed E-state index contributed by atoms with van der Waals surface area (Å²) in [5.41, 5.74) is 2.88. The predicted molar refractivity (Wildman–Crippen MR) is 101 cm³/mol. The van der Waals surface area contributed by atoms with Gasteiger partial charge in [-0.05, 0) is 60.2 Å². The lowest BCUT2D eigenvalue weighted by molar-refractivity contribution is -0.125. The maximum Gasteiger partial charge on any atom is 0.235 e. The van der Waals surface area contributed by atoms with Gasteiger partial charge < -0.3 is 5.32 Å². The van der Waals surface area contributed by atoms with Crippen LogP contribution in [0.2, 0.25) is 5.02 Å². The molecule has 0 spiro atoms. The fraction of sp³-hybridized carbons (Fsp3) is 0.333. The lowest BCUT2D eigenvalue weighted by Gasteiger charge is -2.27. The number of hydrogen-bond acceptors (Lipinski definition) is 2. The van der Waals surface area contributed by atoms with Crippen molar-refractivity contribution >= 4 is 23.3 Å². The molecule has 2 atom stereocenters. The van der Waals surface area contributed by atoms with E-state index in [-0.39, 0.29) is 17.6 Å². The van der Waals surface area contributed by atoms with E-state index in [1.165, 1.54) is 0 Å². The zero-order chi connectivity index (χ0) is 18.4. The standard InChI is InChI=1S/C21H22ClNO2/c1-12(2)21(4)19(24)18(20(25)23-21)17-11-15(6-5-13(17)3)14-7-9-16(22)10-8-14/h5-12,18H,1-4H3,(H,23,25). The molecule has 3 nitrogen and oxygen atoms in total. The van der Waals surface area contributed by atoms with Gasteiger partial charge in [0.15, 0.2) is 5.78 Å². The molecule has 0 bridgehead atoms. The highest BCUT2D eigenvalue weighted by Crippen LogP contribution is 2.36. The maximum atomic E-state index is 13.0. The van der Waals surface area contributed by atoms with Crippen molar-refractivity contribution < 1.29 is 9.59 Å². The molecule has 1 aliphatic heterocycles. The van der Waals surface area contributed by atoms with Crippen LogP contribution in [-0.4, -0.2) is 17.2 Å². The van der Waals surface area contributed by atoms with E-state index in [0.717, 1.165) is 22.3 Å². The Morgan fingerprint density at radius 2 is 1.64 bits per heavy atom. The molecule has 2 aromatic carbocycles. The van der Waals surface area contributed by atoms with Gasteiger partial charge in [-0.3, -0.25) is 9.59 Å². The third-order valence-electron chi connectivity index (χ3n) is 5.34. The Bertz CT molecular complexity index is 841. The molecular weight excluding hydrogens is 334 g/mol. The average Bonchev–Trinajstić information content (AvgIpc) is 2.80. The third kappa shape index (κ3) is 2.98. The molecule has 1 amide bonds. The minimum atomic E-state index is -0.815. The summed E-state index contributed by atoms with van der Waals surface area (Å²) in [6, 6.07) is 13.5. The molecule has 1 heterocycles. The van der Waals surface area contributed by atoms with Gasteiger partial charge in [-0.25, -0.2) is 0 Å². The van der Waals surface area contributed by atoms with Gasteiger partial charge in [0, 0.05) is 5.02 Å². The van der Waals surface area contributed by atoms with Crippen molar-refractivity contribution in [3.05, 3.63) is 58.6 Å². The van der Waals surface area contributed by atoms with Crippen LogP contribution in [0.1, 0.15) is 37.8 Å². The first-order valence-electron chi connectivity index (χ1n) is 8.47. The van der Waals surface area contributed by atoms with Crippen LogP contribution >= 0.6 is 11.6 Å². The molecule has 0 saturated carbocycles. The van der Waals surface area contributed by atoms with Crippen LogP contribution < -0.4 is 5.32 Å². The molecule has 25 heavy (non-hydrogen) atoms. The SMILES string of the molecule is Cc1ccc(-c2ccc(Cl)cc2)cc1C1C(=O)NC(C)(C(C)C)C1=O. The molecule has 1 aliphatic rings. The number of carbonyl (C=O) groups excluding carboxylic acids is 2. The Hall–Kier alpha value is -2.13. The van der Waals surface area contributed by atoms with E-state index in [1.54, 1.807) is 0 Å². The summed E-state index contributed by atoms with van der Waals surface area (Å²) in [4.78, 5) is 25.6. The molecule has 1 N–H and O–H groups in total. The highest BCUT2D eigenvalue weighted by Gasteiger charge is 2.51. The smallest absolute Gasteiger partial charge is 0.235 e. The molecule has 3 rings (SSSR count). The van der Waals surface area contributed by atoms with Gasteiger partial charge in [-0.15, -0.1) is 0 Å². The quantitative estimate of drug-likeness (QED) is 0.823. The number of ketones is 1. The van der Waals surface area contributed by atoms with E-state index in [0.29, 0.717) is 5.02 Å². The number of Topliss-reactive ketones (excluding diaryl/α,β-unsaturated/α-hetero) is 1. The Morgan fingerprint density at radius 3 is 2.20 bits per heavy atom. The average molecular weight is 356 g/mol. The van der Waals surface area contributed by atoms with Crippen LogP contribution in [0.15, 0.2) is 42.5 Å². The highest BCUT2D eigenvalue weighted by molar-refractivity contribution is 6.30. The van der Waals surface area contributed by atoms with E-state index in [2.05, 4.69) is 5.32 Å². The monoisotopic (exact) mass is 355 g/mol. The van der Waals surface area contributed by atoms with Crippen molar-refractivity contribution in [2.75, 3.05) is 0 Å². The van der Waals surface area contributed by atoms with Gasteiger partial charge in [0.05, 0.1) is 5.54 Å². The highest BCUT2D eigenvalue weighted by atomic mass is 35.5. The van der Waals surface area contributed by atoms with Gasteiger partial charge in [0.25, 0.3) is 0 Å². The zero-order valence-electron chi connectivity index (χ0n) is 14.9. The number of hydrogen-bond donors (Lipinski definition) is 1. The van der Waals surface area contributed by atoms with Crippen LogP contribution in [0.4, 0.5) is 0 Å². The second kappa shape index (κ2) is 6.30. The minimum absolute atomic E-state index is 0.0358. The second-order valence-corrected chi connectivity index (χ2v) is 7.66. The van der Waals surface area contributed by atoms with Crippen molar-refractivity contribution in [2.45, 2.75) is 39.2 Å². The van der Waals surface area contributed by atoms with E-state index in [4.69, 9.17) is 11.6 Å². The molecule has 2 unspecified atom stereocenters.